The molecule has 2 aliphatic rings. The standard InChI is InChI=1S/C22H27ClN4O4/c1-2-30-21(29)17-4-3-11-27(14-17)20(28)16-9-12-26(13-10-16)22-24-19(25-31-22)15-5-7-18(23)8-6-15/h5-8,16-17H,2-4,9-14H2,1H3. The molecule has 2 aromatic rings. The molecule has 1 aromatic heterocycles. The highest BCUT2D eigenvalue weighted by atomic mass is 35.5. The minimum Gasteiger partial charge on any atom is -0.466 e. The van der Waals surface area contributed by atoms with Gasteiger partial charge in [0.05, 0.1) is 12.5 Å². The average molecular weight is 447 g/mol. The summed E-state index contributed by atoms with van der Waals surface area (Å²) in [6.45, 7) is 4.70. The van der Waals surface area contributed by atoms with Gasteiger partial charge in [-0.3, -0.25) is 9.59 Å². The number of likely N-dealkylation sites (tertiary alicyclic amines) is 1. The van der Waals surface area contributed by atoms with E-state index < -0.39 is 0 Å². The van der Waals surface area contributed by atoms with Gasteiger partial charge < -0.3 is 19.1 Å². The molecule has 31 heavy (non-hydrogen) atoms. The minimum absolute atomic E-state index is 0.0455. The predicted molar refractivity (Wildman–Crippen MR) is 116 cm³/mol. The summed E-state index contributed by atoms with van der Waals surface area (Å²) in [7, 11) is 0. The largest absolute Gasteiger partial charge is 0.466 e. The first kappa shape index (κ1) is 21.6. The van der Waals surface area contributed by atoms with Gasteiger partial charge in [0.2, 0.25) is 11.7 Å². The molecule has 2 fully saturated rings. The van der Waals surface area contributed by atoms with Crippen LogP contribution in [-0.2, 0) is 14.3 Å². The van der Waals surface area contributed by atoms with E-state index in [-0.39, 0.29) is 23.7 Å². The minimum atomic E-state index is -0.206. The Morgan fingerprint density at radius 3 is 2.58 bits per heavy atom. The number of ether oxygens (including phenoxy) is 1. The Kier molecular flexibility index (Phi) is 6.75. The van der Waals surface area contributed by atoms with E-state index in [0.717, 1.165) is 31.2 Å². The predicted octanol–water partition coefficient (Wildman–Crippen LogP) is 3.41. The van der Waals surface area contributed by atoms with Crippen LogP contribution in [-0.4, -0.2) is 59.7 Å². The zero-order chi connectivity index (χ0) is 21.8. The van der Waals surface area contributed by atoms with E-state index in [1.54, 1.807) is 19.1 Å². The molecule has 1 unspecified atom stereocenters. The first-order valence-corrected chi connectivity index (χ1v) is 11.2. The molecule has 0 spiro atoms. The molecular weight excluding hydrogens is 420 g/mol. The van der Waals surface area contributed by atoms with Crippen molar-refractivity contribution < 1.29 is 18.8 Å². The molecule has 0 aliphatic carbocycles. The maximum Gasteiger partial charge on any atom is 0.324 e. The second kappa shape index (κ2) is 9.68. The quantitative estimate of drug-likeness (QED) is 0.650. The number of anilines is 1. The number of benzene rings is 1. The molecule has 2 aliphatic heterocycles. The van der Waals surface area contributed by atoms with Gasteiger partial charge in [-0.25, -0.2) is 0 Å². The van der Waals surface area contributed by atoms with Gasteiger partial charge in [-0.05, 0) is 56.9 Å². The van der Waals surface area contributed by atoms with Crippen molar-refractivity contribution in [3.63, 3.8) is 0 Å². The number of hydrogen-bond acceptors (Lipinski definition) is 7. The van der Waals surface area contributed by atoms with Gasteiger partial charge in [0, 0.05) is 42.7 Å². The second-order valence-electron chi connectivity index (χ2n) is 8.04. The third kappa shape index (κ3) is 5.01. The maximum absolute atomic E-state index is 13.0. The van der Waals surface area contributed by atoms with Crippen LogP contribution in [0.1, 0.15) is 32.6 Å². The van der Waals surface area contributed by atoms with E-state index in [4.69, 9.17) is 20.9 Å². The number of piperidine rings is 2. The molecule has 0 N–H and O–H groups in total. The van der Waals surface area contributed by atoms with Gasteiger partial charge in [-0.2, -0.15) is 4.98 Å². The molecule has 9 heteroatoms. The first-order chi connectivity index (χ1) is 15.0. The molecule has 1 atom stereocenters. The van der Waals surface area contributed by atoms with Crippen LogP contribution >= 0.6 is 11.6 Å². The molecule has 0 bridgehead atoms. The van der Waals surface area contributed by atoms with Crippen LogP contribution in [0.2, 0.25) is 5.02 Å². The fourth-order valence-corrected chi connectivity index (χ4v) is 4.39. The summed E-state index contributed by atoms with van der Waals surface area (Å²) in [4.78, 5) is 33.5. The highest BCUT2D eigenvalue weighted by molar-refractivity contribution is 6.30. The number of rotatable bonds is 5. The topological polar surface area (TPSA) is 88.8 Å². The second-order valence-corrected chi connectivity index (χ2v) is 8.48. The van der Waals surface area contributed by atoms with Crippen molar-refractivity contribution in [1.29, 1.82) is 0 Å². The summed E-state index contributed by atoms with van der Waals surface area (Å²) >= 11 is 5.93. The monoisotopic (exact) mass is 446 g/mol. The lowest BCUT2D eigenvalue weighted by atomic mass is 9.92. The van der Waals surface area contributed by atoms with Crippen LogP contribution in [0.4, 0.5) is 6.01 Å². The van der Waals surface area contributed by atoms with Gasteiger partial charge >= 0.3 is 12.0 Å². The van der Waals surface area contributed by atoms with Crippen LogP contribution in [0.25, 0.3) is 11.4 Å². The maximum atomic E-state index is 13.0. The van der Waals surface area contributed by atoms with Crippen molar-refractivity contribution in [1.82, 2.24) is 15.0 Å². The summed E-state index contributed by atoms with van der Waals surface area (Å²) in [6, 6.07) is 7.75. The van der Waals surface area contributed by atoms with Crippen LogP contribution in [0, 0.1) is 11.8 Å². The van der Waals surface area contributed by atoms with Crippen LogP contribution in [0.3, 0.4) is 0 Å². The van der Waals surface area contributed by atoms with E-state index in [1.165, 1.54) is 0 Å². The molecule has 0 saturated carbocycles. The van der Waals surface area contributed by atoms with E-state index in [0.29, 0.717) is 49.6 Å². The van der Waals surface area contributed by atoms with Crippen molar-refractivity contribution in [3.8, 4) is 11.4 Å². The normalized spacial score (nSPS) is 20.0. The Labute approximate surface area is 186 Å². The Bertz CT molecular complexity index is 908. The fraction of sp³-hybridized carbons (Fsp3) is 0.545. The smallest absolute Gasteiger partial charge is 0.324 e. The molecule has 3 heterocycles. The summed E-state index contributed by atoms with van der Waals surface area (Å²) in [5.41, 5.74) is 0.839. The number of nitrogens with zero attached hydrogens (tertiary/aromatic N) is 4. The van der Waals surface area contributed by atoms with Crippen LogP contribution in [0.5, 0.6) is 0 Å². The molecule has 0 radical (unpaired) electrons. The SMILES string of the molecule is CCOC(=O)C1CCCN(C(=O)C2CCN(c3nc(-c4ccc(Cl)cc4)no3)CC2)C1. The molecular formula is C22H27ClN4O4. The summed E-state index contributed by atoms with van der Waals surface area (Å²) in [5, 5.41) is 4.72. The highest BCUT2D eigenvalue weighted by Gasteiger charge is 2.34. The molecule has 2 saturated heterocycles. The highest BCUT2D eigenvalue weighted by Crippen LogP contribution is 2.28. The fourth-order valence-electron chi connectivity index (χ4n) is 4.27. The molecule has 1 aromatic carbocycles. The number of amides is 1. The van der Waals surface area contributed by atoms with Gasteiger partial charge in [-0.15, -0.1) is 0 Å². The third-order valence-corrected chi connectivity index (χ3v) is 6.24. The van der Waals surface area contributed by atoms with Crippen molar-refractivity contribution in [2.75, 3.05) is 37.7 Å². The number of hydrogen-bond donors (Lipinski definition) is 0. The van der Waals surface area contributed by atoms with Crippen molar-refractivity contribution in [2.45, 2.75) is 32.6 Å². The molecule has 166 valence electrons. The van der Waals surface area contributed by atoms with Gasteiger partial charge in [-0.1, -0.05) is 16.8 Å². The van der Waals surface area contributed by atoms with Crippen molar-refractivity contribution >= 4 is 29.5 Å². The van der Waals surface area contributed by atoms with Crippen LogP contribution in [0.15, 0.2) is 28.8 Å². The average Bonchev–Trinajstić information content (AvgIpc) is 3.30. The Morgan fingerprint density at radius 2 is 1.87 bits per heavy atom. The number of carbonyl (C=O) groups excluding carboxylic acids is 2. The van der Waals surface area contributed by atoms with Gasteiger partial charge in [0.25, 0.3) is 0 Å². The van der Waals surface area contributed by atoms with Crippen molar-refractivity contribution in [3.05, 3.63) is 29.3 Å². The molecule has 1 amide bonds. The van der Waals surface area contributed by atoms with E-state index in [9.17, 15) is 9.59 Å². The zero-order valence-electron chi connectivity index (χ0n) is 17.6. The Morgan fingerprint density at radius 1 is 1.13 bits per heavy atom. The number of carbonyl (C=O) groups is 2. The summed E-state index contributed by atoms with van der Waals surface area (Å²) in [6.07, 6.45) is 3.06. The number of halogens is 1. The van der Waals surface area contributed by atoms with Gasteiger partial charge in [0.15, 0.2) is 0 Å². The Hall–Kier alpha value is -2.61. The van der Waals surface area contributed by atoms with Crippen LogP contribution < -0.4 is 4.90 Å². The zero-order valence-corrected chi connectivity index (χ0v) is 18.4. The third-order valence-electron chi connectivity index (χ3n) is 5.99. The number of esters is 1. The summed E-state index contributed by atoms with van der Waals surface area (Å²) < 4.78 is 10.6. The summed E-state index contributed by atoms with van der Waals surface area (Å²) in [5.74, 6) is 0.213. The lowest BCUT2D eigenvalue weighted by Gasteiger charge is -2.36. The van der Waals surface area contributed by atoms with Crippen molar-refractivity contribution in [2.24, 2.45) is 11.8 Å². The Balaban J connectivity index is 1.32. The van der Waals surface area contributed by atoms with E-state index >= 15 is 0 Å². The lowest BCUT2D eigenvalue weighted by Crippen LogP contribution is -2.47. The van der Waals surface area contributed by atoms with E-state index in [2.05, 4.69) is 10.1 Å². The first-order valence-electron chi connectivity index (χ1n) is 10.8. The number of aromatic nitrogens is 2. The lowest BCUT2D eigenvalue weighted by molar-refractivity contribution is -0.152. The van der Waals surface area contributed by atoms with E-state index in [1.807, 2.05) is 21.9 Å². The van der Waals surface area contributed by atoms with Gasteiger partial charge in [0.1, 0.15) is 0 Å². The molecule has 4 rings (SSSR count). The molecule has 8 nitrogen and oxygen atoms in total.